The van der Waals surface area contributed by atoms with Gasteiger partial charge in [-0.2, -0.15) is 5.10 Å². The smallest absolute Gasteiger partial charge is 0.291 e. The van der Waals surface area contributed by atoms with E-state index in [0.29, 0.717) is 27.7 Å². The quantitative estimate of drug-likeness (QED) is 0.330. The van der Waals surface area contributed by atoms with Crippen molar-refractivity contribution in [1.29, 1.82) is 0 Å². The molecule has 4 aromatic rings. The van der Waals surface area contributed by atoms with Gasteiger partial charge in [0.1, 0.15) is 11.6 Å². The summed E-state index contributed by atoms with van der Waals surface area (Å²) in [4.78, 5) is 37.8. The van der Waals surface area contributed by atoms with Crippen molar-refractivity contribution in [2.24, 2.45) is 0 Å². The Balaban J connectivity index is 1.55. The van der Waals surface area contributed by atoms with Crippen molar-refractivity contribution in [2.45, 2.75) is 18.7 Å². The Labute approximate surface area is 190 Å². The molecule has 0 aliphatic heterocycles. The Morgan fingerprint density at radius 2 is 1.82 bits per heavy atom. The number of nitrogens with zero attached hydrogens (tertiary/aromatic N) is 2. The van der Waals surface area contributed by atoms with Gasteiger partial charge in [0.05, 0.1) is 11.1 Å². The maximum atomic E-state index is 13.8. The second-order valence-corrected chi connectivity index (χ2v) is 8.31. The lowest BCUT2D eigenvalue weighted by Gasteiger charge is -2.12. The molecule has 0 spiro atoms. The van der Waals surface area contributed by atoms with Crippen LogP contribution in [0, 0.1) is 25.5 Å². The van der Waals surface area contributed by atoms with Gasteiger partial charge in [-0.3, -0.25) is 24.5 Å². The van der Waals surface area contributed by atoms with Crippen LogP contribution in [0.5, 0.6) is 0 Å². The van der Waals surface area contributed by atoms with Crippen molar-refractivity contribution in [3.8, 4) is 0 Å². The van der Waals surface area contributed by atoms with E-state index in [1.807, 2.05) is 0 Å². The van der Waals surface area contributed by atoms with E-state index in [4.69, 9.17) is 0 Å². The molecule has 0 fully saturated rings. The average Bonchev–Trinajstić information content (AvgIpc) is 3.07. The van der Waals surface area contributed by atoms with E-state index in [1.165, 1.54) is 10.7 Å². The number of carbonyl (C=O) groups is 2. The monoisotopic (exact) mass is 468 g/mol. The predicted molar refractivity (Wildman–Crippen MR) is 121 cm³/mol. The molecule has 10 heteroatoms. The van der Waals surface area contributed by atoms with E-state index in [9.17, 15) is 23.2 Å². The third-order valence-corrected chi connectivity index (χ3v) is 6.16. The lowest BCUT2D eigenvalue weighted by Crippen LogP contribution is -2.27. The molecule has 0 radical (unpaired) electrons. The standard InChI is InChI=1S/C23H18F2N4O3S/c1-12-9-17(19(30)11-33-20-8-7-14(24)10-18(20)25)13(2)29(12)28-23(32)21-15-5-3-4-6-16(15)22(31)27-26-21/h3-10H,11H2,1-2H3,(H,27,31)(H,28,32). The van der Waals surface area contributed by atoms with Crippen LogP contribution in [0.1, 0.15) is 32.2 Å². The van der Waals surface area contributed by atoms with E-state index in [1.54, 1.807) is 44.2 Å². The van der Waals surface area contributed by atoms with Crippen LogP contribution in [-0.2, 0) is 0 Å². The molecule has 1 amide bonds. The number of aromatic nitrogens is 3. The molecule has 0 saturated heterocycles. The van der Waals surface area contributed by atoms with E-state index >= 15 is 0 Å². The predicted octanol–water partition coefficient (Wildman–Crippen LogP) is 3.98. The number of carbonyl (C=O) groups excluding carboxylic acids is 2. The molecule has 0 saturated carbocycles. The largest absolute Gasteiger partial charge is 0.293 e. The molecule has 0 bridgehead atoms. The number of thioether (sulfide) groups is 1. The molecule has 0 aliphatic rings. The molecule has 7 nitrogen and oxygen atoms in total. The second-order valence-electron chi connectivity index (χ2n) is 7.29. The van der Waals surface area contributed by atoms with Crippen molar-refractivity contribution in [1.82, 2.24) is 14.9 Å². The number of H-pyrrole nitrogens is 1. The average molecular weight is 468 g/mol. The van der Waals surface area contributed by atoms with Crippen LogP contribution in [0.25, 0.3) is 10.8 Å². The highest BCUT2D eigenvalue weighted by molar-refractivity contribution is 8.00. The highest BCUT2D eigenvalue weighted by Gasteiger charge is 2.20. The highest BCUT2D eigenvalue weighted by atomic mass is 32.2. The third kappa shape index (κ3) is 4.42. The fourth-order valence-corrected chi connectivity index (χ4v) is 4.28. The lowest BCUT2D eigenvalue weighted by molar-refractivity contribution is 0.0996. The van der Waals surface area contributed by atoms with Gasteiger partial charge in [-0.1, -0.05) is 18.2 Å². The maximum Gasteiger partial charge on any atom is 0.291 e. The number of nitrogens with one attached hydrogen (secondary N) is 2. The van der Waals surface area contributed by atoms with Crippen LogP contribution in [0.4, 0.5) is 8.78 Å². The Morgan fingerprint density at radius 1 is 1.09 bits per heavy atom. The highest BCUT2D eigenvalue weighted by Crippen LogP contribution is 2.25. The van der Waals surface area contributed by atoms with Gasteiger partial charge in [0, 0.05) is 33.3 Å². The summed E-state index contributed by atoms with van der Waals surface area (Å²) in [7, 11) is 0. The first-order chi connectivity index (χ1) is 15.8. The molecule has 2 heterocycles. The van der Waals surface area contributed by atoms with Crippen LogP contribution in [0.2, 0.25) is 0 Å². The normalized spacial score (nSPS) is 11.0. The maximum absolute atomic E-state index is 13.8. The van der Waals surface area contributed by atoms with Gasteiger partial charge in [0.15, 0.2) is 11.5 Å². The molecule has 0 aliphatic carbocycles. The van der Waals surface area contributed by atoms with Crippen molar-refractivity contribution in [2.75, 3.05) is 11.2 Å². The summed E-state index contributed by atoms with van der Waals surface area (Å²) in [5, 5.41) is 6.93. The van der Waals surface area contributed by atoms with E-state index < -0.39 is 23.1 Å². The van der Waals surface area contributed by atoms with Gasteiger partial charge in [-0.15, -0.1) is 11.8 Å². The number of Topliss-reactive ketones (excluding diaryl/α,β-unsaturated/α-hetero) is 1. The fourth-order valence-electron chi connectivity index (χ4n) is 3.47. The zero-order valence-corrected chi connectivity index (χ0v) is 18.4. The van der Waals surface area contributed by atoms with Crippen molar-refractivity contribution >= 4 is 34.2 Å². The minimum atomic E-state index is -0.730. The van der Waals surface area contributed by atoms with Gasteiger partial charge in [0.25, 0.3) is 11.5 Å². The molecule has 168 valence electrons. The molecule has 4 rings (SSSR count). The first-order valence-electron chi connectivity index (χ1n) is 9.85. The van der Waals surface area contributed by atoms with Crippen molar-refractivity contribution in [3.63, 3.8) is 0 Å². The summed E-state index contributed by atoms with van der Waals surface area (Å²) < 4.78 is 28.4. The number of hydrogen-bond donors (Lipinski definition) is 2. The lowest BCUT2D eigenvalue weighted by atomic mass is 10.1. The number of hydrogen-bond acceptors (Lipinski definition) is 5. The number of ketones is 1. The van der Waals surface area contributed by atoms with Crippen LogP contribution in [0.3, 0.4) is 0 Å². The number of halogens is 2. The van der Waals surface area contributed by atoms with Crippen LogP contribution in [-0.4, -0.2) is 32.3 Å². The van der Waals surface area contributed by atoms with Crippen LogP contribution in [0.15, 0.2) is 58.2 Å². The van der Waals surface area contributed by atoms with E-state index in [2.05, 4.69) is 15.6 Å². The second kappa shape index (κ2) is 8.99. The summed E-state index contributed by atoms with van der Waals surface area (Å²) >= 11 is 0.964. The van der Waals surface area contributed by atoms with Gasteiger partial charge in [-0.05, 0) is 38.1 Å². The molecule has 33 heavy (non-hydrogen) atoms. The molecule has 2 N–H and O–H groups in total. The first-order valence-corrected chi connectivity index (χ1v) is 10.8. The molecule has 0 atom stereocenters. The Kier molecular flexibility index (Phi) is 6.10. The zero-order chi connectivity index (χ0) is 23.7. The van der Waals surface area contributed by atoms with Gasteiger partial charge < -0.3 is 0 Å². The minimum Gasteiger partial charge on any atom is -0.293 e. The van der Waals surface area contributed by atoms with Crippen LogP contribution < -0.4 is 11.0 Å². The van der Waals surface area contributed by atoms with Crippen molar-refractivity contribution < 1.29 is 18.4 Å². The zero-order valence-electron chi connectivity index (χ0n) is 17.6. The molecule has 2 aromatic carbocycles. The number of rotatable bonds is 6. The number of aromatic amines is 1. The summed E-state index contributed by atoms with van der Waals surface area (Å²) in [6.45, 7) is 3.39. The fraction of sp³-hybridized carbons (Fsp3) is 0.130. The molecule has 0 unspecified atom stereocenters. The molecule has 2 aromatic heterocycles. The molecular formula is C23H18F2N4O3S. The Bertz CT molecular complexity index is 1460. The van der Waals surface area contributed by atoms with E-state index in [-0.39, 0.29) is 22.1 Å². The minimum absolute atomic E-state index is 0.0351. The van der Waals surface area contributed by atoms with Crippen molar-refractivity contribution in [3.05, 3.63) is 93.2 Å². The van der Waals surface area contributed by atoms with E-state index in [0.717, 1.165) is 23.9 Å². The summed E-state index contributed by atoms with van der Waals surface area (Å²) in [5.41, 5.74) is 3.78. The topological polar surface area (TPSA) is 96.8 Å². The Morgan fingerprint density at radius 3 is 2.55 bits per heavy atom. The number of benzene rings is 2. The summed E-state index contributed by atoms with van der Waals surface area (Å²) in [6, 6.07) is 11.4. The number of amides is 1. The third-order valence-electron chi connectivity index (χ3n) is 5.11. The Hall–Kier alpha value is -3.79. The van der Waals surface area contributed by atoms with Gasteiger partial charge in [0.2, 0.25) is 0 Å². The summed E-state index contributed by atoms with van der Waals surface area (Å²) in [6.07, 6.45) is 0. The number of fused-ring (bicyclic) bond motifs is 1. The van der Waals surface area contributed by atoms with Gasteiger partial charge in [-0.25, -0.2) is 13.9 Å². The SMILES string of the molecule is Cc1cc(C(=O)CSc2ccc(F)cc2F)c(C)n1NC(=O)c1n[nH]c(=O)c2ccccc12. The van der Waals surface area contributed by atoms with Gasteiger partial charge >= 0.3 is 0 Å². The molecular weight excluding hydrogens is 450 g/mol. The first kappa shape index (κ1) is 22.4. The summed E-state index contributed by atoms with van der Waals surface area (Å²) in [5.74, 6) is -2.32. The van der Waals surface area contributed by atoms with Crippen LogP contribution >= 0.6 is 11.8 Å². The number of aryl methyl sites for hydroxylation is 1.